The van der Waals surface area contributed by atoms with Crippen LogP contribution < -0.4 is 5.32 Å². The highest BCUT2D eigenvalue weighted by molar-refractivity contribution is 5.63. The number of aromatic amines is 1. The first kappa shape index (κ1) is 11.9. The summed E-state index contributed by atoms with van der Waals surface area (Å²) in [6, 6.07) is 6.56. The maximum absolute atomic E-state index is 4.44. The Bertz CT molecular complexity index is 480. The molecule has 0 saturated heterocycles. The molecule has 0 bridgehead atoms. The van der Waals surface area contributed by atoms with E-state index in [0.717, 1.165) is 18.7 Å². The normalized spacial score (nSPS) is 10.8. The van der Waals surface area contributed by atoms with E-state index in [1.807, 2.05) is 7.05 Å². The van der Waals surface area contributed by atoms with Crippen LogP contribution in [0.1, 0.15) is 16.8 Å². The van der Waals surface area contributed by atoms with E-state index >= 15 is 0 Å². The van der Waals surface area contributed by atoms with Crippen molar-refractivity contribution in [1.29, 1.82) is 0 Å². The van der Waals surface area contributed by atoms with Crippen LogP contribution in [0.25, 0.3) is 11.3 Å². The van der Waals surface area contributed by atoms with E-state index in [-0.39, 0.29) is 0 Å². The molecule has 17 heavy (non-hydrogen) atoms. The summed E-state index contributed by atoms with van der Waals surface area (Å²) in [5, 5.41) is 3.16. The second-order valence-corrected chi connectivity index (χ2v) is 4.46. The van der Waals surface area contributed by atoms with E-state index in [1.54, 1.807) is 6.33 Å². The van der Waals surface area contributed by atoms with Gasteiger partial charge in [0.2, 0.25) is 0 Å². The van der Waals surface area contributed by atoms with E-state index in [1.165, 1.54) is 22.4 Å². The van der Waals surface area contributed by atoms with E-state index < -0.39 is 0 Å². The average molecular weight is 229 g/mol. The van der Waals surface area contributed by atoms with Crippen molar-refractivity contribution in [3.63, 3.8) is 0 Å². The Balaban J connectivity index is 2.35. The third kappa shape index (κ3) is 2.74. The molecule has 0 aliphatic rings. The van der Waals surface area contributed by atoms with Crippen LogP contribution in [-0.4, -0.2) is 23.6 Å². The minimum absolute atomic E-state index is 0.958. The van der Waals surface area contributed by atoms with Gasteiger partial charge in [-0.3, -0.25) is 0 Å². The van der Waals surface area contributed by atoms with Gasteiger partial charge in [-0.2, -0.15) is 0 Å². The van der Waals surface area contributed by atoms with Crippen molar-refractivity contribution >= 4 is 0 Å². The number of hydrogen-bond acceptors (Lipinski definition) is 2. The number of rotatable bonds is 4. The molecule has 1 heterocycles. The molecule has 1 aromatic carbocycles. The summed E-state index contributed by atoms with van der Waals surface area (Å²) in [6.07, 6.45) is 2.75. The molecule has 0 fully saturated rings. The fourth-order valence-corrected chi connectivity index (χ4v) is 2.12. The van der Waals surface area contributed by atoms with Crippen molar-refractivity contribution in [2.75, 3.05) is 13.6 Å². The monoisotopic (exact) mass is 229 g/mol. The highest BCUT2D eigenvalue weighted by Gasteiger charge is 2.08. The summed E-state index contributed by atoms with van der Waals surface area (Å²) in [4.78, 5) is 7.67. The number of aryl methyl sites for hydroxylation is 2. The highest BCUT2D eigenvalue weighted by atomic mass is 14.9. The lowest BCUT2D eigenvalue weighted by atomic mass is 10.0. The fraction of sp³-hybridized carbons (Fsp3) is 0.357. The van der Waals surface area contributed by atoms with Crippen LogP contribution in [0.5, 0.6) is 0 Å². The van der Waals surface area contributed by atoms with Gasteiger partial charge in [-0.05, 0) is 33.0 Å². The number of hydrogen-bond donors (Lipinski definition) is 2. The van der Waals surface area contributed by atoms with Gasteiger partial charge in [0, 0.05) is 24.2 Å². The standard InChI is InChI=1S/C14H19N3/c1-10-6-11(2)8-12(7-10)14-13(4-5-15-3)16-9-17-14/h6-9,15H,4-5H2,1-3H3,(H,16,17). The Hall–Kier alpha value is -1.61. The first-order valence-corrected chi connectivity index (χ1v) is 5.96. The number of imidazole rings is 1. The molecule has 2 aromatic rings. The van der Waals surface area contributed by atoms with Crippen LogP contribution in [0.2, 0.25) is 0 Å². The lowest BCUT2D eigenvalue weighted by Gasteiger charge is -2.05. The summed E-state index contributed by atoms with van der Waals surface area (Å²) < 4.78 is 0. The van der Waals surface area contributed by atoms with Crippen molar-refractivity contribution in [1.82, 2.24) is 15.3 Å². The number of H-pyrrole nitrogens is 1. The number of nitrogens with zero attached hydrogens (tertiary/aromatic N) is 1. The van der Waals surface area contributed by atoms with Crippen LogP contribution in [0.4, 0.5) is 0 Å². The van der Waals surface area contributed by atoms with Crippen molar-refractivity contribution in [2.45, 2.75) is 20.3 Å². The van der Waals surface area contributed by atoms with Crippen molar-refractivity contribution in [3.05, 3.63) is 41.3 Å². The van der Waals surface area contributed by atoms with Gasteiger partial charge in [0.05, 0.1) is 12.0 Å². The molecule has 0 spiro atoms. The van der Waals surface area contributed by atoms with Crippen LogP contribution in [0, 0.1) is 13.8 Å². The maximum Gasteiger partial charge on any atom is 0.0929 e. The molecular weight excluding hydrogens is 210 g/mol. The van der Waals surface area contributed by atoms with Crippen LogP contribution in [0.3, 0.4) is 0 Å². The minimum Gasteiger partial charge on any atom is -0.348 e. The molecule has 0 atom stereocenters. The predicted octanol–water partition coefficient (Wildman–Crippen LogP) is 2.46. The van der Waals surface area contributed by atoms with Gasteiger partial charge in [-0.15, -0.1) is 0 Å². The van der Waals surface area contributed by atoms with Gasteiger partial charge in [0.15, 0.2) is 0 Å². The molecule has 0 amide bonds. The number of likely N-dealkylation sites (N-methyl/N-ethyl adjacent to an activating group) is 1. The maximum atomic E-state index is 4.44. The van der Waals surface area contributed by atoms with Gasteiger partial charge in [-0.1, -0.05) is 17.2 Å². The molecule has 0 aliphatic carbocycles. The van der Waals surface area contributed by atoms with Crippen molar-refractivity contribution in [3.8, 4) is 11.3 Å². The van der Waals surface area contributed by atoms with Gasteiger partial charge < -0.3 is 10.3 Å². The summed E-state index contributed by atoms with van der Waals surface area (Å²) in [5.41, 5.74) is 6.04. The molecular formula is C14H19N3. The zero-order chi connectivity index (χ0) is 12.3. The average Bonchev–Trinajstić information content (AvgIpc) is 2.73. The molecule has 1 aromatic heterocycles. The SMILES string of the molecule is CNCCc1[nH]cnc1-c1cc(C)cc(C)c1. The molecule has 2 rings (SSSR count). The fourth-order valence-electron chi connectivity index (χ4n) is 2.12. The van der Waals surface area contributed by atoms with E-state index in [2.05, 4.69) is 47.3 Å². The van der Waals surface area contributed by atoms with Gasteiger partial charge in [0.1, 0.15) is 0 Å². The number of aromatic nitrogens is 2. The molecule has 90 valence electrons. The molecule has 3 heteroatoms. The quantitative estimate of drug-likeness (QED) is 0.845. The first-order valence-electron chi connectivity index (χ1n) is 5.96. The first-order chi connectivity index (χ1) is 8.20. The lowest BCUT2D eigenvalue weighted by molar-refractivity contribution is 0.781. The Morgan fingerprint density at radius 3 is 2.53 bits per heavy atom. The van der Waals surface area contributed by atoms with Crippen LogP contribution >= 0.6 is 0 Å². The third-order valence-electron chi connectivity index (χ3n) is 2.84. The Morgan fingerprint density at radius 1 is 1.18 bits per heavy atom. The van der Waals surface area contributed by atoms with Gasteiger partial charge in [-0.25, -0.2) is 4.98 Å². The minimum atomic E-state index is 0.958. The topological polar surface area (TPSA) is 40.7 Å². The molecule has 2 N–H and O–H groups in total. The zero-order valence-corrected chi connectivity index (χ0v) is 10.7. The van der Waals surface area contributed by atoms with E-state index in [4.69, 9.17) is 0 Å². The van der Waals surface area contributed by atoms with Gasteiger partial charge >= 0.3 is 0 Å². The number of nitrogens with one attached hydrogen (secondary N) is 2. The number of benzene rings is 1. The van der Waals surface area contributed by atoms with Crippen LogP contribution in [-0.2, 0) is 6.42 Å². The molecule has 0 saturated carbocycles. The summed E-state index contributed by atoms with van der Waals surface area (Å²) in [6.45, 7) is 5.20. The summed E-state index contributed by atoms with van der Waals surface area (Å²) in [5.74, 6) is 0. The highest BCUT2D eigenvalue weighted by Crippen LogP contribution is 2.23. The summed E-state index contributed by atoms with van der Waals surface area (Å²) >= 11 is 0. The smallest absolute Gasteiger partial charge is 0.0929 e. The van der Waals surface area contributed by atoms with Crippen molar-refractivity contribution < 1.29 is 0 Å². The Kier molecular flexibility index (Phi) is 3.59. The van der Waals surface area contributed by atoms with Gasteiger partial charge in [0.25, 0.3) is 0 Å². The lowest BCUT2D eigenvalue weighted by Crippen LogP contribution is -2.11. The molecule has 3 nitrogen and oxygen atoms in total. The molecule has 0 radical (unpaired) electrons. The van der Waals surface area contributed by atoms with Crippen molar-refractivity contribution in [2.24, 2.45) is 0 Å². The third-order valence-corrected chi connectivity index (χ3v) is 2.84. The Morgan fingerprint density at radius 2 is 1.88 bits per heavy atom. The largest absolute Gasteiger partial charge is 0.348 e. The second-order valence-electron chi connectivity index (χ2n) is 4.46. The predicted molar refractivity (Wildman–Crippen MR) is 71.1 cm³/mol. The second kappa shape index (κ2) is 5.15. The van der Waals surface area contributed by atoms with E-state index in [9.17, 15) is 0 Å². The van der Waals surface area contributed by atoms with Crippen LogP contribution in [0.15, 0.2) is 24.5 Å². The van der Waals surface area contributed by atoms with E-state index in [0.29, 0.717) is 0 Å². The zero-order valence-electron chi connectivity index (χ0n) is 10.7. The molecule has 0 aliphatic heterocycles. The Labute approximate surface area is 102 Å². The summed E-state index contributed by atoms with van der Waals surface area (Å²) in [7, 11) is 1.97. The molecule has 0 unspecified atom stereocenters.